The van der Waals surface area contributed by atoms with E-state index in [0.29, 0.717) is 19.1 Å². The Balaban J connectivity index is 1.30. The van der Waals surface area contributed by atoms with Crippen molar-refractivity contribution in [2.75, 3.05) is 52.1 Å². The van der Waals surface area contributed by atoms with Crippen LogP contribution in [0.2, 0.25) is 0 Å². The van der Waals surface area contributed by atoms with Crippen LogP contribution < -0.4 is 5.48 Å². The Hall–Kier alpha value is -3.02. The van der Waals surface area contributed by atoms with Gasteiger partial charge in [-0.25, -0.2) is 13.9 Å². The van der Waals surface area contributed by atoms with E-state index in [4.69, 9.17) is 5.21 Å². The first-order chi connectivity index (χ1) is 18.8. The van der Waals surface area contributed by atoms with Crippen LogP contribution in [0, 0.1) is 0 Å². The van der Waals surface area contributed by atoms with E-state index >= 15 is 0 Å². The minimum absolute atomic E-state index is 0.307. The average molecular weight is 552 g/mol. The van der Waals surface area contributed by atoms with E-state index in [2.05, 4.69) is 51.3 Å². The van der Waals surface area contributed by atoms with E-state index in [-0.39, 0.29) is 0 Å². The molecule has 39 heavy (non-hydrogen) atoms. The number of nitrogens with one attached hydrogen (secondary N) is 2. The molecule has 1 aliphatic carbocycles. The lowest BCUT2D eigenvalue weighted by molar-refractivity contribution is -0.124. The van der Waals surface area contributed by atoms with E-state index in [1.165, 1.54) is 34.4 Å². The third-order valence-electron chi connectivity index (χ3n) is 8.04. The van der Waals surface area contributed by atoms with Gasteiger partial charge in [-0.3, -0.25) is 19.8 Å². The fourth-order valence-corrected chi connectivity index (χ4v) is 6.71. The van der Waals surface area contributed by atoms with Crippen LogP contribution in [0.4, 0.5) is 0 Å². The van der Waals surface area contributed by atoms with Crippen molar-refractivity contribution in [1.82, 2.24) is 24.6 Å². The first-order valence-electron chi connectivity index (χ1n) is 13.5. The summed E-state index contributed by atoms with van der Waals surface area (Å²) in [5, 5.41) is 10.0. The van der Waals surface area contributed by atoms with Crippen LogP contribution in [0.3, 0.4) is 0 Å². The van der Waals surface area contributed by atoms with Gasteiger partial charge in [0.15, 0.2) is 0 Å². The minimum atomic E-state index is -3.14. The SMILES string of the molecule is CS(=O)(=O)N1CCN(CCN(CCc2c[nH]c3ccccc23)C2CCc3cc(/C=C/C(=O)NO)ccc32)CC1. The smallest absolute Gasteiger partial charge is 0.267 e. The second kappa shape index (κ2) is 12.0. The minimum Gasteiger partial charge on any atom is -0.361 e. The van der Waals surface area contributed by atoms with Gasteiger partial charge in [0.1, 0.15) is 0 Å². The average Bonchev–Trinajstić information content (AvgIpc) is 3.55. The molecule has 5 rings (SSSR count). The van der Waals surface area contributed by atoms with Gasteiger partial charge in [-0.1, -0.05) is 36.4 Å². The van der Waals surface area contributed by atoms with Crippen molar-refractivity contribution >= 4 is 32.9 Å². The summed E-state index contributed by atoms with van der Waals surface area (Å²) in [6.07, 6.45) is 9.40. The topological polar surface area (TPSA) is 109 Å². The molecule has 2 aliphatic rings. The Labute approximate surface area is 230 Å². The molecule has 0 radical (unpaired) electrons. The van der Waals surface area contributed by atoms with Gasteiger partial charge in [0.25, 0.3) is 5.91 Å². The van der Waals surface area contributed by atoms with Gasteiger partial charge in [0.05, 0.1) is 6.26 Å². The molecule has 3 aromatic rings. The highest BCUT2D eigenvalue weighted by molar-refractivity contribution is 7.88. The number of aromatic amines is 1. The monoisotopic (exact) mass is 551 g/mol. The Morgan fingerprint density at radius 1 is 1.15 bits per heavy atom. The fraction of sp³-hybridized carbons (Fsp3) is 0.414. The van der Waals surface area contributed by atoms with E-state index in [1.807, 2.05) is 12.1 Å². The van der Waals surface area contributed by atoms with Crippen molar-refractivity contribution in [2.24, 2.45) is 0 Å². The molecule has 0 bridgehead atoms. The van der Waals surface area contributed by atoms with Gasteiger partial charge < -0.3 is 4.98 Å². The highest BCUT2D eigenvalue weighted by atomic mass is 32.2. The van der Waals surface area contributed by atoms with Crippen molar-refractivity contribution in [3.05, 3.63) is 77.0 Å². The molecule has 0 spiro atoms. The molecule has 10 heteroatoms. The lowest BCUT2D eigenvalue weighted by Gasteiger charge is -2.36. The number of hydrogen-bond donors (Lipinski definition) is 3. The molecule has 1 aliphatic heterocycles. The van der Waals surface area contributed by atoms with E-state index in [0.717, 1.165) is 63.1 Å². The molecule has 208 valence electrons. The van der Waals surface area contributed by atoms with Crippen LogP contribution in [0.1, 0.15) is 34.7 Å². The van der Waals surface area contributed by atoms with Crippen LogP contribution in [0.5, 0.6) is 0 Å². The summed E-state index contributed by atoms with van der Waals surface area (Å²) in [5.41, 5.74) is 7.67. The van der Waals surface area contributed by atoms with Crippen molar-refractivity contribution in [1.29, 1.82) is 0 Å². The molecular formula is C29H37N5O4S. The van der Waals surface area contributed by atoms with Crippen LogP contribution in [-0.4, -0.2) is 90.7 Å². The molecule has 0 saturated carbocycles. The number of para-hydroxylation sites is 1. The Morgan fingerprint density at radius 3 is 2.72 bits per heavy atom. The van der Waals surface area contributed by atoms with Crippen molar-refractivity contribution < 1.29 is 18.4 Å². The van der Waals surface area contributed by atoms with Gasteiger partial charge in [-0.2, -0.15) is 4.31 Å². The standard InChI is InChI=1S/C29H37N5O4S/c1-39(37,38)34-18-15-32(16-19-34)14-17-33(13-12-24-21-30-27-5-3-2-4-25(24)27)28-10-8-23-20-22(6-9-26(23)28)7-11-29(35)31-36/h2-7,9,11,20-21,28,30,36H,8,10,12-19H2,1H3,(H,31,35)/b11-7+. The zero-order valence-electron chi connectivity index (χ0n) is 22.3. The molecule has 1 amide bonds. The number of aromatic nitrogens is 1. The summed E-state index contributed by atoms with van der Waals surface area (Å²) in [4.78, 5) is 19.7. The third kappa shape index (κ3) is 6.59. The predicted octanol–water partition coefficient (Wildman–Crippen LogP) is 2.80. The maximum absolute atomic E-state index is 11.9. The summed E-state index contributed by atoms with van der Waals surface area (Å²) in [6, 6.07) is 15.1. The number of sulfonamides is 1. The summed E-state index contributed by atoms with van der Waals surface area (Å²) in [6.45, 7) is 5.32. The molecule has 2 heterocycles. The lowest BCUT2D eigenvalue weighted by Crippen LogP contribution is -2.50. The number of rotatable bonds is 10. The summed E-state index contributed by atoms with van der Waals surface area (Å²) >= 11 is 0. The van der Waals surface area contributed by atoms with Crippen molar-refractivity contribution in [3.63, 3.8) is 0 Å². The second-order valence-corrected chi connectivity index (χ2v) is 12.5. The van der Waals surface area contributed by atoms with Gasteiger partial charge >= 0.3 is 0 Å². The highest BCUT2D eigenvalue weighted by Gasteiger charge is 2.29. The maximum Gasteiger partial charge on any atom is 0.267 e. The van der Waals surface area contributed by atoms with Crippen LogP contribution in [0.25, 0.3) is 17.0 Å². The highest BCUT2D eigenvalue weighted by Crippen LogP contribution is 2.37. The number of benzene rings is 2. The van der Waals surface area contributed by atoms with Crippen molar-refractivity contribution in [3.8, 4) is 0 Å². The number of aryl methyl sites for hydroxylation is 1. The molecule has 9 nitrogen and oxygen atoms in total. The lowest BCUT2D eigenvalue weighted by atomic mass is 10.0. The van der Waals surface area contributed by atoms with Crippen LogP contribution in [0.15, 0.2) is 54.7 Å². The van der Waals surface area contributed by atoms with Gasteiger partial charge in [0.2, 0.25) is 10.0 Å². The molecule has 1 atom stereocenters. The normalized spacial score (nSPS) is 18.8. The zero-order valence-corrected chi connectivity index (χ0v) is 23.2. The molecular weight excluding hydrogens is 514 g/mol. The Kier molecular flexibility index (Phi) is 8.49. The van der Waals surface area contributed by atoms with Crippen LogP contribution in [-0.2, 0) is 27.7 Å². The molecule has 1 unspecified atom stereocenters. The Bertz CT molecular complexity index is 1440. The summed E-state index contributed by atoms with van der Waals surface area (Å²) in [7, 11) is -3.14. The van der Waals surface area contributed by atoms with Crippen molar-refractivity contribution in [2.45, 2.75) is 25.3 Å². The van der Waals surface area contributed by atoms with Gasteiger partial charge in [0, 0.05) is 75.0 Å². The number of hydrogen-bond acceptors (Lipinski definition) is 6. The number of fused-ring (bicyclic) bond motifs is 2. The van der Waals surface area contributed by atoms with Crippen LogP contribution >= 0.6 is 0 Å². The Morgan fingerprint density at radius 2 is 1.95 bits per heavy atom. The first-order valence-corrected chi connectivity index (χ1v) is 15.4. The molecule has 1 fully saturated rings. The largest absolute Gasteiger partial charge is 0.361 e. The van der Waals surface area contributed by atoms with Gasteiger partial charge in [-0.05, 0) is 53.7 Å². The fourth-order valence-electron chi connectivity index (χ4n) is 5.89. The number of amides is 1. The number of H-pyrrole nitrogens is 1. The van der Waals surface area contributed by atoms with E-state index in [1.54, 1.807) is 15.9 Å². The quantitative estimate of drug-likeness (QED) is 0.203. The number of carbonyl (C=O) groups excluding carboxylic acids is 1. The molecule has 1 saturated heterocycles. The maximum atomic E-state index is 11.9. The number of hydroxylamine groups is 1. The first kappa shape index (κ1) is 27.5. The second-order valence-electron chi connectivity index (χ2n) is 10.5. The number of nitrogens with zero attached hydrogens (tertiary/aromatic N) is 3. The summed E-state index contributed by atoms with van der Waals surface area (Å²) in [5.74, 6) is -0.547. The number of piperazine rings is 1. The van der Waals surface area contributed by atoms with Gasteiger partial charge in [-0.15, -0.1) is 0 Å². The number of carbonyl (C=O) groups is 1. The predicted molar refractivity (Wildman–Crippen MR) is 153 cm³/mol. The molecule has 1 aromatic heterocycles. The van der Waals surface area contributed by atoms with E-state index < -0.39 is 15.9 Å². The molecule has 2 aromatic carbocycles. The summed E-state index contributed by atoms with van der Waals surface area (Å²) < 4.78 is 25.4. The molecule has 3 N–H and O–H groups in total. The zero-order chi connectivity index (χ0) is 27.4. The third-order valence-corrected chi connectivity index (χ3v) is 9.34. The van der Waals surface area contributed by atoms with E-state index in [9.17, 15) is 13.2 Å².